The van der Waals surface area contributed by atoms with E-state index in [1.807, 2.05) is 0 Å². The maximum atomic E-state index is 12.4. The van der Waals surface area contributed by atoms with Gasteiger partial charge in [-0.25, -0.2) is 0 Å². The molecule has 2 aromatic heterocycles. The molecule has 6 N–H and O–H groups in total. The molecule has 0 saturated heterocycles. The highest BCUT2D eigenvalue weighted by Gasteiger charge is 2.31. The number of hydrogen-bond donors (Lipinski definition) is 6. The summed E-state index contributed by atoms with van der Waals surface area (Å²) in [5, 5.41) is 39.6. The van der Waals surface area contributed by atoms with Crippen molar-refractivity contribution in [2.24, 2.45) is 0 Å². The van der Waals surface area contributed by atoms with E-state index in [4.69, 9.17) is 10.9 Å². The molecule has 0 unspecified atom stereocenters. The number of rotatable bonds is 8. The summed E-state index contributed by atoms with van der Waals surface area (Å²) < 4.78 is 13.4. The number of furan rings is 1. The number of benzene rings is 1. The molecular formula is C19H20N2O7. The van der Waals surface area contributed by atoms with E-state index in [-0.39, 0.29) is 12.0 Å². The van der Waals surface area contributed by atoms with Crippen molar-refractivity contribution in [2.75, 3.05) is 11.9 Å². The molecule has 1 aromatic carbocycles. The average molecular weight is 389 g/mol. The van der Waals surface area contributed by atoms with Crippen molar-refractivity contribution >= 4 is 22.9 Å². The summed E-state index contributed by atoms with van der Waals surface area (Å²) in [6, 6.07) is 7.95. The van der Waals surface area contributed by atoms with Crippen molar-refractivity contribution in [2.45, 2.75) is 24.4 Å². The number of H-pyrrole nitrogens is 1. The lowest BCUT2D eigenvalue weighted by atomic mass is 10.0. The van der Waals surface area contributed by atoms with Gasteiger partial charge >= 0.3 is 0 Å². The first kappa shape index (κ1) is 18.4. The van der Waals surface area contributed by atoms with Gasteiger partial charge in [0, 0.05) is 5.69 Å². The number of nitrogens with one attached hydrogen (secondary N) is 2. The topological polar surface area (TPSA) is 156 Å². The summed E-state index contributed by atoms with van der Waals surface area (Å²) in [6.07, 6.45) is -3.64. The second-order valence-corrected chi connectivity index (χ2v) is 6.25. The Balaban J connectivity index is 1.93. The molecule has 4 atom stereocenters. The molecule has 9 heteroatoms. The molecule has 0 aliphatic carbocycles. The van der Waals surface area contributed by atoms with Gasteiger partial charge in [-0.2, -0.15) is 0 Å². The average Bonchev–Trinajstić information content (AvgIpc) is 3.26. The van der Waals surface area contributed by atoms with E-state index in [9.17, 15) is 24.9 Å². The summed E-state index contributed by atoms with van der Waals surface area (Å²) in [4.78, 5) is 26.5. The van der Waals surface area contributed by atoms with E-state index in [0.29, 0.717) is 27.5 Å². The standard InChI is InChI=1S/C19H20N2O7/c22-8-14(17(25)18(26)15(24)9-23)20-11-4-3-10-6-12(16-2-1-5-28-16)19(27)21-13(10)7-11/h1-8,14-15,17-18,20,23-26H,9H2,(H,21,27)/t14-,15+,17+,18+/m0/s1/i/hD. The predicted octanol–water partition coefficient (Wildman–Crippen LogP) is -0.158. The number of carbonyl (C=O) groups excluding carboxylic acids is 1. The number of aldehydes is 1. The number of fused-ring (bicyclic) bond motifs is 1. The summed E-state index contributed by atoms with van der Waals surface area (Å²) in [5.74, 6) is 0.403. The number of aromatic amines is 1. The fraction of sp³-hybridized carbons (Fsp3) is 0.263. The van der Waals surface area contributed by atoms with E-state index < -0.39 is 36.5 Å². The van der Waals surface area contributed by atoms with Crippen LogP contribution in [-0.2, 0) is 4.79 Å². The van der Waals surface area contributed by atoms with Crippen LogP contribution in [0.15, 0.2) is 51.9 Å². The number of aliphatic hydroxyl groups excluding tert-OH is 4. The highest BCUT2D eigenvalue weighted by molar-refractivity contribution is 5.86. The Labute approximate surface area is 160 Å². The fourth-order valence-corrected chi connectivity index (χ4v) is 2.78. The highest BCUT2D eigenvalue weighted by Crippen LogP contribution is 2.23. The maximum Gasteiger partial charge on any atom is 0.259 e. The number of anilines is 1. The second-order valence-electron chi connectivity index (χ2n) is 6.25. The highest BCUT2D eigenvalue weighted by atomic mass is 16.4. The largest absolute Gasteiger partial charge is 0.464 e. The lowest BCUT2D eigenvalue weighted by Crippen LogP contribution is -2.49. The fourth-order valence-electron chi connectivity index (χ4n) is 2.78. The van der Waals surface area contributed by atoms with Crippen molar-refractivity contribution in [3.8, 4) is 11.3 Å². The first-order chi connectivity index (χ1) is 13.9. The van der Waals surface area contributed by atoms with E-state index in [0.717, 1.165) is 0 Å². The minimum Gasteiger partial charge on any atom is -0.464 e. The van der Waals surface area contributed by atoms with Gasteiger partial charge < -0.3 is 39.9 Å². The molecule has 3 rings (SSSR count). The molecule has 148 valence electrons. The Hall–Kier alpha value is -2.98. The Morgan fingerprint density at radius 2 is 2.00 bits per heavy atom. The Morgan fingerprint density at radius 1 is 1.21 bits per heavy atom. The van der Waals surface area contributed by atoms with Gasteiger partial charge in [0.15, 0.2) is 1.41 Å². The number of carbonyl (C=O) groups is 1. The van der Waals surface area contributed by atoms with Crippen LogP contribution in [0.5, 0.6) is 0 Å². The third kappa shape index (κ3) is 3.97. The van der Waals surface area contributed by atoms with E-state index >= 15 is 0 Å². The number of aromatic nitrogens is 1. The number of pyridine rings is 1. The molecule has 0 spiro atoms. The smallest absolute Gasteiger partial charge is 0.259 e. The maximum absolute atomic E-state index is 12.4. The van der Waals surface area contributed by atoms with Gasteiger partial charge in [-0.1, -0.05) is 6.07 Å². The zero-order chi connectivity index (χ0) is 21.1. The Bertz CT molecular complexity index is 1040. The monoisotopic (exact) mass is 389 g/mol. The van der Waals surface area contributed by atoms with Gasteiger partial charge in [-0.3, -0.25) is 4.79 Å². The van der Waals surface area contributed by atoms with Crippen LogP contribution in [0.1, 0.15) is 0 Å². The second kappa shape index (κ2) is 8.36. The van der Waals surface area contributed by atoms with Crippen LogP contribution in [-0.4, -0.2) is 62.7 Å². The molecule has 0 bridgehead atoms. The van der Waals surface area contributed by atoms with Crippen LogP contribution >= 0.6 is 0 Å². The van der Waals surface area contributed by atoms with Crippen molar-refractivity contribution in [3.05, 3.63) is 53.0 Å². The summed E-state index contributed by atoms with van der Waals surface area (Å²) >= 11 is 0. The SMILES string of the molecule is [2H]N(c1ccc2cc(-c3ccco3)c(=O)[nH]c2c1)[C@@H](C=O)[C@@H](O)[C@H](O)[C@H](O)CO. The van der Waals surface area contributed by atoms with Crippen LogP contribution in [0.4, 0.5) is 5.69 Å². The molecule has 9 nitrogen and oxygen atoms in total. The Morgan fingerprint density at radius 3 is 2.64 bits per heavy atom. The van der Waals surface area contributed by atoms with Gasteiger partial charge in [-0.05, 0) is 35.7 Å². The molecule has 3 aromatic rings. The third-order valence-electron chi connectivity index (χ3n) is 4.33. The van der Waals surface area contributed by atoms with Crippen LogP contribution in [0, 0.1) is 0 Å². The molecule has 2 heterocycles. The first-order valence-corrected chi connectivity index (χ1v) is 8.46. The minimum atomic E-state index is -1.83. The molecule has 0 amide bonds. The Kier molecular flexibility index (Phi) is 5.49. The van der Waals surface area contributed by atoms with Gasteiger partial charge in [-0.15, -0.1) is 0 Å². The van der Waals surface area contributed by atoms with Crippen LogP contribution in [0.3, 0.4) is 0 Å². The first-order valence-electron chi connectivity index (χ1n) is 8.91. The quantitative estimate of drug-likeness (QED) is 0.290. The van der Waals surface area contributed by atoms with Crippen molar-refractivity contribution < 1.29 is 31.0 Å². The van der Waals surface area contributed by atoms with Crippen molar-refractivity contribution in [1.82, 2.24) is 4.98 Å². The zero-order valence-electron chi connectivity index (χ0n) is 15.6. The summed E-state index contributed by atoms with van der Waals surface area (Å²) in [6.45, 7) is -0.822. The molecule has 0 radical (unpaired) electrons. The third-order valence-corrected chi connectivity index (χ3v) is 4.33. The van der Waals surface area contributed by atoms with E-state index in [1.165, 1.54) is 18.4 Å². The molecular weight excluding hydrogens is 368 g/mol. The van der Waals surface area contributed by atoms with Crippen molar-refractivity contribution in [3.63, 3.8) is 0 Å². The predicted molar refractivity (Wildman–Crippen MR) is 101 cm³/mol. The van der Waals surface area contributed by atoms with Gasteiger partial charge in [0.2, 0.25) is 0 Å². The summed E-state index contributed by atoms with van der Waals surface area (Å²) in [5.41, 5.74) is 0.464. The molecule has 0 aliphatic rings. The van der Waals surface area contributed by atoms with E-state index in [1.54, 1.807) is 24.3 Å². The van der Waals surface area contributed by atoms with Crippen LogP contribution in [0.25, 0.3) is 22.2 Å². The number of aliphatic hydroxyl groups is 4. The van der Waals surface area contributed by atoms with Gasteiger partial charge in [0.1, 0.15) is 36.4 Å². The lowest BCUT2D eigenvalue weighted by Gasteiger charge is -2.26. The molecule has 0 saturated carbocycles. The number of hydrogen-bond acceptors (Lipinski definition) is 8. The minimum absolute atomic E-state index is 0.153. The lowest BCUT2D eigenvalue weighted by molar-refractivity contribution is -0.117. The van der Waals surface area contributed by atoms with Crippen LogP contribution < -0.4 is 10.9 Å². The van der Waals surface area contributed by atoms with Gasteiger partial charge in [0.05, 0.1) is 24.0 Å². The molecule has 0 aliphatic heterocycles. The van der Waals surface area contributed by atoms with Gasteiger partial charge in [0.25, 0.3) is 5.56 Å². The van der Waals surface area contributed by atoms with Crippen LogP contribution in [0.2, 0.25) is 1.41 Å². The zero-order valence-corrected chi connectivity index (χ0v) is 14.6. The summed E-state index contributed by atoms with van der Waals surface area (Å²) in [7, 11) is 0. The molecule has 28 heavy (non-hydrogen) atoms. The van der Waals surface area contributed by atoms with E-state index in [2.05, 4.69) is 4.98 Å². The normalized spacial score (nSPS) is 16.2. The molecule has 0 fully saturated rings. The van der Waals surface area contributed by atoms with Crippen molar-refractivity contribution in [1.29, 1.82) is 0 Å².